The van der Waals surface area contributed by atoms with Gasteiger partial charge in [-0.05, 0) is 53.0 Å². The van der Waals surface area contributed by atoms with E-state index in [0.29, 0.717) is 6.04 Å². The topological polar surface area (TPSA) is 37.8 Å². The highest BCUT2D eigenvalue weighted by Crippen LogP contribution is 2.32. The second-order valence-electron chi connectivity index (χ2n) is 4.51. The Balaban J connectivity index is 1.89. The normalized spacial score (nSPS) is 18.2. The van der Waals surface area contributed by atoms with Crippen LogP contribution in [-0.4, -0.2) is 9.97 Å². The number of nitrogens with one attached hydrogen (secondary N) is 1. The SMILES string of the molecule is Ic1cncnc1NC1CCCc2ccccc21. The Kier molecular flexibility index (Phi) is 3.45. The molecular weight excluding hydrogens is 337 g/mol. The zero-order valence-corrected chi connectivity index (χ0v) is 12.1. The third-order valence-corrected chi connectivity index (χ3v) is 4.14. The number of nitrogens with zero attached hydrogens (tertiary/aromatic N) is 2. The lowest BCUT2D eigenvalue weighted by Gasteiger charge is -2.27. The fourth-order valence-corrected chi connectivity index (χ4v) is 2.94. The van der Waals surface area contributed by atoms with Crippen LogP contribution in [0.3, 0.4) is 0 Å². The van der Waals surface area contributed by atoms with Crippen LogP contribution in [0.5, 0.6) is 0 Å². The van der Waals surface area contributed by atoms with Gasteiger partial charge >= 0.3 is 0 Å². The summed E-state index contributed by atoms with van der Waals surface area (Å²) in [5, 5.41) is 3.55. The number of hydrogen-bond donors (Lipinski definition) is 1. The lowest BCUT2D eigenvalue weighted by molar-refractivity contribution is 0.598. The van der Waals surface area contributed by atoms with Crippen molar-refractivity contribution in [3.63, 3.8) is 0 Å². The molecule has 0 fully saturated rings. The third kappa shape index (κ3) is 2.34. The van der Waals surface area contributed by atoms with Gasteiger partial charge < -0.3 is 5.32 Å². The van der Waals surface area contributed by atoms with Crippen LogP contribution in [0.25, 0.3) is 0 Å². The highest BCUT2D eigenvalue weighted by atomic mass is 127. The van der Waals surface area contributed by atoms with E-state index in [1.807, 2.05) is 6.20 Å². The molecule has 92 valence electrons. The van der Waals surface area contributed by atoms with E-state index in [1.165, 1.54) is 24.0 Å². The second kappa shape index (κ2) is 5.22. The van der Waals surface area contributed by atoms with Crippen molar-refractivity contribution in [3.8, 4) is 0 Å². The van der Waals surface area contributed by atoms with Gasteiger partial charge in [-0.15, -0.1) is 0 Å². The van der Waals surface area contributed by atoms with Gasteiger partial charge in [0.2, 0.25) is 0 Å². The fourth-order valence-electron chi connectivity index (χ4n) is 2.49. The van der Waals surface area contributed by atoms with Gasteiger partial charge in [0.1, 0.15) is 12.1 Å². The Morgan fingerprint density at radius 3 is 3.06 bits per heavy atom. The van der Waals surface area contributed by atoms with Crippen molar-refractivity contribution in [1.29, 1.82) is 0 Å². The Labute approximate surface area is 120 Å². The van der Waals surface area contributed by atoms with E-state index in [4.69, 9.17) is 0 Å². The van der Waals surface area contributed by atoms with E-state index < -0.39 is 0 Å². The molecule has 0 saturated carbocycles. The monoisotopic (exact) mass is 351 g/mol. The van der Waals surface area contributed by atoms with Crippen molar-refractivity contribution < 1.29 is 0 Å². The van der Waals surface area contributed by atoms with Crippen molar-refractivity contribution in [2.24, 2.45) is 0 Å². The Hall–Kier alpha value is -1.17. The molecule has 1 aromatic carbocycles. The largest absolute Gasteiger partial charge is 0.362 e. The van der Waals surface area contributed by atoms with E-state index in [1.54, 1.807) is 6.33 Å². The number of benzene rings is 1. The number of aryl methyl sites for hydroxylation is 1. The smallest absolute Gasteiger partial charge is 0.143 e. The predicted molar refractivity (Wildman–Crippen MR) is 80.5 cm³/mol. The molecular formula is C14H14IN3. The molecule has 0 amide bonds. The Morgan fingerprint density at radius 2 is 2.17 bits per heavy atom. The molecule has 0 saturated heterocycles. The van der Waals surface area contributed by atoms with Crippen LogP contribution in [0.1, 0.15) is 30.0 Å². The van der Waals surface area contributed by atoms with E-state index in [-0.39, 0.29) is 0 Å². The van der Waals surface area contributed by atoms with E-state index >= 15 is 0 Å². The molecule has 4 heteroatoms. The zero-order valence-electron chi connectivity index (χ0n) is 9.94. The van der Waals surface area contributed by atoms with Crippen LogP contribution in [0.4, 0.5) is 5.82 Å². The van der Waals surface area contributed by atoms with E-state index in [9.17, 15) is 0 Å². The molecule has 0 spiro atoms. The summed E-state index contributed by atoms with van der Waals surface area (Å²) in [5.74, 6) is 0.937. The first-order valence-corrected chi connectivity index (χ1v) is 7.22. The average Bonchev–Trinajstić information content (AvgIpc) is 2.42. The highest BCUT2D eigenvalue weighted by Gasteiger charge is 2.20. The maximum atomic E-state index is 4.32. The van der Waals surface area contributed by atoms with Gasteiger partial charge in [-0.3, -0.25) is 0 Å². The minimum Gasteiger partial charge on any atom is -0.362 e. The van der Waals surface area contributed by atoms with Gasteiger partial charge in [0.25, 0.3) is 0 Å². The molecule has 0 bridgehead atoms. The third-order valence-electron chi connectivity index (χ3n) is 3.35. The number of rotatable bonds is 2. The maximum Gasteiger partial charge on any atom is 0.143 e. The molecule has 2 aromatic rings. The number of halogens is 1. The first-order valence-electron chi connectivity index (χ1n) is 6.14. The van der Waals surface area contributed by atoms with Gasteiger partial charge in [0, 0.05) is 6.20 Å². The number of hydrogen-bond acceptors (Lipinski definition) is 3. The first kappa shape index (κ1) is 11.9. The van der Waals surface area contributed by atoms with E-state index in [2.05, 4.69) is 62.1 Å². The Bertz CT molecular complexity index is 556. The minimum absolute atomic E-state index is 0.373. The molecule has 1 aromatic heterocycles. The molecule has 3 nitrogen and oxygen atoms in total. The quantitative estimate of drug-likeness (QED) is 0.841. The summed E-state index contributed by atoms with van der Waals surface area (Å²) in [6, 6.07) is 9.06. The zero-order chi connectivity index (χ0) is 12.4. The van der Waals surface area contributed by atoms with Crippen molar-refractivity contribution in [2.45, 2.75) is 25.3 Å². The van der Waals surface area contributed by atoms with Crippen LogP contribution >= 0.6 is 22.6 Å². The van der Waals surface area contributed by atoms with Crippen molar-refractivity contribution in [1.82, 2.24) is 9.97 Å². The van der Waals surface area contributed by atoms with Crippen molar-refractivity contribution in [3.05, 3.63) is 51.5 Å². The van der Waals surface area contributed by atoms with Gasteiger partial charge in [-0.25, -0.2) is 9.97 Å². The summed E-state index contributed by atoms with van der Waals surface area (Å²) in [7, 11) is 0. The van der Waals surface area contributed by atoms with Gasteiger partial charge in [-0.1, -0.05) is 24.3 Å². The summed E-state index contributed by atoms with van der Waals surface area (Å²) in [4.78, 5) is 8.34. The lowest BCUT2D eigenvalue weighted by atomic mass is 9.88. The molecule has 1 N–H and O–H groups in total. The molecule has 1 aliphatic rings. The molecule has 1 heterocycles. The molecule has 1 atom stereocenters. The van der Waals surface area contributed by atoms with Gasteiger partial charge in [-0.2, -0.15) is 0 Å². The molecule has 3 rings (SSSR count). The predicted octanol–water partition coefficient (Wildman–Crippen LogP) is 3.57. The maximum absolute atomic E-state index is 4.32. The summed E-state index contributed by atoms with van der Waals surface area (Å²) in [6.45, 7) is 0. The first-order chi connectivity index (χ1) is 8.84. The molecule has 18 heavy (non-hydrogen) atoms. The van der Waals surface area contributed by atoms with Crippen LogP contribution in [0, 0.1) is 3.57 Å². The lowest BCUT2D eigenvalue weighted by Crippen LogP contribution is -2.18. The van der Waals surface area contributed by atoms with Gasteiger partial charge in [0.15, 0.2) is 0 Å². The average molecular weight is 351 g/mol. The number of anilines is 1. The summed E-state index contributed by atoms with van der Waals surface area (Å²) in [6.07, 6.45) is 7.02. The molecule has 0 aliphatic heterocycles. The molecule has 0 radical (unpaired) electrons. The van der Waals surface area contributed by atoms with Crippen LogP contribution in [-0.2, 0) is 6.42 Å². The van der Waals surface area contributed by atoms with Gasteiger partial charge in [0.05, 0.1) is 9.61 Å². The second-order valence-corrected chi connectivity index (χ2v) is 5.67. The summed E-state index contributed by atoms with van der Waals surface area (Å²) >= 11 is 2.27. The summed E-state index contributed by atoms with van der Waals surface area (Å²) < 4.78 is 1.07. The fraction of sp³-hybridized carbons (Fsp3) is 0.286. The minimum atomic E-state index is 0.373. The molecule has 1 aliphatic carbocycles. The molecule has 1 unspecified atom stereocenters. The van der Waals surface area contributed by atoms with Crippen LogP contribution < -0.4 is 5.32 Å². The number of aromatic nitrogens is 2. The van der Waals surface area contributed by atoms with Crippen LogP contribution in [0.2, 0.25) is 0 Å². The van der Waals surface area contributed by atoms with Crippen molar-refractivity contribution in [2.75, 3.05) is 5.32 Å². The number of fused-ring (bicyclic) bond motifs is 1. The Morgan fingerprint density at radius 1 is 1.28 bits per heavy atom. The summed E-state index contributed by atoms with van der Waals surface area (Å²) in [5.41, 5.74) is 2.88. The van der Waals surface area contributed by atoms with E-state index in [0.717, 1.165) is 15.8 Å². The highest BCUT2D eigenvalue weighted by molar-refractivity contribution is 14.1. The van der Waals surface area contributed by atoms with Crippen LogP contribution in [0.15, 0.2) is 36.8 Å². The standard InChI is InChI=1S/C14H14IN3/c15-12-8-16-9-17-14(12)18-13-7-3-5-10-4-1-2-6-11(10)13/h1-2,4,6,8-9,13H,3,5,7H2,(H,16,17,18). The van der Waals surface area contributed by atoms with Crippen molar-refractivity contribution >= 4 is 28.4 Å².